The second-order valence-corrected chi connectivity index (χ2v) is 4.46. The van der Waals surface area contributed by atoms with E-state index in [1.807, 2.05) is 0 Å². The van der Waals surface area contributed by atoms with Crippen molar-refractivity contribution in [3.8, 4) is 5.69 Å². The first-order valence-electron chi connectivity index (χ1n) is 5.60. The summed E-state index contributed by atoms with van der Waals surface area (Å²) in [6.45, 7) is 0. The normalized spacial score (nSPS) is 12.0. The van der Waals surface area contributed by atoms with Gasteiger partial charge in [0, 0.05) is 17.3 Å². The molecular formula is C13H8ClF3N2O2. The summed E-state index contributed by atoms with van der Waals surface area (Å²) in [5.41, 5.74) is -0.0949. The molecule has 1 aromatic heterocycles. The van der Waals surface area contributed by atoms with Crippen molar-refractivity contribution < 1.29 is 23.1 Å². The van der Waals surface area contributed by atoms with Gasteiger partial charge >= 0.3 is 12.1 Å². The Hall–Kier alpha value is -2.28. The Balaban J connectivity index is 2.32. The Morgan fingerprint density at radius 1 is 1.38 bits per heavy atom. The van der Waals surface area contributed by atoms with E-state index >= 15 is 0 Å². The van der Waals surface area contributed by atoms with Crippen LogP contribution in [-0.2, 0) is 11.0 Å². The zero-order valence-electron chi connectivity index (χ0n) is 10.3. The van der Waals surface area contributed by atoms with Crippen molar-refractivity contribution in [1.82, 2.24) is 9.78 Å². The molecule has 0 fully saturated rings. The zero-order chi connectivity index (χ0) is 15.6. The van der Waals surface area contributed by atoms with E-state index in [4.69, 9.17) is 16.7 Å². The molecule has 0 saturated heterocycles. The molecule has 0 aliphatic heterocycles. The summed E-state index contributed by atoms with van der Waals surface area (Å²) in [6.07, 6.45) is -0.702. The van der Waals surface area contributed by atoms with E-state index in [1.54, 1.807) is 0 Å². The fourth-order valence-corrected chi connectivity index (χ4v) is 1.80. The lowest BCUT2D eigenvalue weighted by atomic mass is 10.2. The Morgan fingerprint density at radius 2 is 2.10 bits per heavy atom. The molecule has 0 radical (unpaired) electrons. The van der Waals surface area contributed by atoms with E-state index in [2.05, 4.69) is 5.10 Å². The molecule has 1 heterocycles. The SMILES string of the molecule is O=C(O)/C=C/c1ccc(-n2cc(C(F)(F)F)cn2)cc1Cl. The van der Waals surface area contributed by atoms with E-state index in [0.717, 1.165) is 17.0 Å². The minimum atomic E-state index is -4.47. The van der Waals surface area contributed by atoms with Crippen molar-refractivity contribution in [3.05, 3.63) is 52.8 Å². The first-order chi connectivity index (χ1) is 9.77. The highest BCUT2D eigenvalue weighted by Crippen LogP contribution is 2.29. The molecule has 0 aliphatic carbocycles. The molecule has 21 heavy (non-hydrogen) atoms. The van der Waals surface area contributed by atoms with Crippen LogP contribution < -0.4 is 0 Å². The van der Waals surface area contributed by atoms with Crippen LogP contribution in [0, 0.1) is 0 Å². The number of carbonyl (C=O) groups is 1. The second-order valence-electron chi connectivity index (χ2n) is 4.05. The van der Waals surface area contributed by atoms with E-state index in [0.29, 0.717) is 17.4 Å². The first kappa shape index (κ1) is 15.1. The molecule has 1 aromatic carbocycles. The number of rotatable bonds is 3. The average molecular weight is 317 g/mol. The number of benzene rings is 1. The van der Waals surface area contributed by atoms with Crippen molar-refractivity contribution >= 4 is 23.6 Å². The Morgan fingerprint density at radius 3 is 2.62 bits per heavy atom. The van der Waals surface area contributed by atoms with Gasteiger partial charge in [-0.05, 0) is 23.8 Å². The Bertz CT molecular complexity index is 708. The topological polar surface area (TPSA) is 55.1 Å². The summed E-state index contributed by atoms with van der Waals surface area (Å²) >= 11 is 5.95. The number of hydrogen-bond acceptors (Lipinski definition) is 2. The predicted octanol–water partition coefficient (Wildman–Crippen LogP) is 3.64. The average Bonchev–Trinajstić information content (AvgIpc) is 2.86. The number of alkyl halides is 3. The van der Waals surface area contributed by atoms with Gasteiger partial charge in [0.25, 0.3) is 0 Å². The lowest BCUT2D eigenvalue weighted by molar-refractivity contribution is -0.137. The quantitative estimate of drug-likeness (QED) is 0.880. The molecule has 8 heteroatoms. The van der Waals surface area contributed by atoms with Crippen molar-refractivity contribution in [2.45, 2.75) is 6.18 Å². The maximum Gasteiger partial charge on any atom is 0.419 e. The Labute approximate surface area is 122 Å². The molecule has 0 atom stereocenters. The monoisotopic (exact) mass is 316 g/mol. The largest absolute Gasteiger partial charge is 0.478 e. The molecule has 4 nitrogen and oxygen atoms in total. The first-order valence-corrected chi connectivity index (χ1v) is 5.98. The van der Waals surface area contributed by atoms with Crippen molar-refractivity contribution in [2.24, 2.45) is 0 Å². The highest BCUT2D eigenvalue weighted by atomic mass is 35.5. The standard InChI is InChI=1S/C13H8ClF3N2O2/c14-11-5-10(3-1-8(11)2-4-12(20)21)19-7-9(6-18-19)13(15,16)17/h1-7H,(H,20,21)/b4-2+. The fraction of sp³-hybridized carbons (Fsp3) is 0.0769. The van der Waals surface area contributed by atoms with Gasteiger partial charge in [0.05, 0.1) is 17.4 Å². The van der Waals surface area contributed by atoms with Gasteiger partial charge < -0.3 is 5.11 Å². The van der Waals surface area contributed by atoms with Crippen LogP contribution in [0.25, 0.3) is 11.8 Å². The lowest BCUT2D eigenvalue weighted by Gasteiger charge is -2.05. The summed E-state index contributed by atoms with van der Waals surface area (Å²) in [5.74, 6) is -1.13. The number of aliphatic carboxylic acids is 1. The molecule has 0 spiro atoms. The molecular weight excluding hydrogens is 309 g/mol. The van der Waals surface area contributed by atoms with Crippen molar-refractivity contribution in [2.75, 3.05) is 0 Å². The van der Waals surface area contributed by atoms with E-state index in [9.17, 15) is 18.0 Å². The van der Waals surface area contributed by atoms with Crippen LogP contribution in [0.5, 0.6) is 0 Å². The Kier molecular flexibility index (Phi) is 4.04. The number of carboxylic acids is 1. The van der Waals surface area contributed by atoms with Crippen LogP contribution in [0.3, 0.4) is 0 Å². The van der Waals surface area contributed by atoms with Gasteiger partial charge in [-0.15, -0.1) is 0 Å². The van der Waals surface area contributed by atoms with Gasteiger partial charge in [0.15, 0.2) is 0 Å². The van der Waals surface area contributed by atoms with Crippen LogP contribution in [0.4, 0.5) is 13.2 Å². The van der Waals surface area contributed by atoms with Crippen LogP contribution in [0.15, 0.2) is 36.7 Å². The third kappa shape index (κ3) is 3.63. The summed E-state index contributed by atoms with van der Waals surface area (Å²) in [6, 6.07) is 4.38. The van der Waals surface area contributed by atoms with Crippen molar-refractivity contribution in [3.63, 3.8) is 0 Å². The highest BCUT2D eigenvalue weighted by Gasteiger charge is 2.32. The number of hydrogen-bond donors (Lipinski definition) is 1. The zero-order valence-corrected chi connectivity index (χ0v) is 11.1. The van der Waals surface area contributed by atoms with Gasteiger partial charge in [-0.1, -0.05) is 17.7 Å². The summed E-state index contributed by atoms with van der Waals surface area (Å²) in [7, 11) is 0. The lowest BCUT2D eigenvalue weighted by Crippen LogP contribution is -2.03. The maximum atomic E-state index is 12.5. The summed E-state index contributed by atoms with van der Waals surface area (Å²) in [4.78, 5) is 10.4. The van der Waals surface area contributed by atoms with Gasteiger partial charge in [-0.3, -0.25) is 0 Å². The predicted molar refractivity (Wildman–Crippen MR) is 70.2 cm³/mol. The maximum absolute atomic E-state index is 12.5. The number of nitrogens with zero attached hydrogens (tertiary/aromatic N) is 2. The molecule has 110 valence electrons. The summed E-state index contributed by atoms with van der Waals surface area (Å²) < 4.78 is 38.5. The van der Waals surface area contributed by atoms with Gasteiger partial charge in [0.1, 0.15) is 0 Å². The fourth-order valence-electron chi connectivity index (χ4n) is 1.57. The highest BCUT2D eigenvalue weighted by molar-refractivity contribution is 6.32. The third-order valence-corrected chi connectivity index (χ3v) is 2.89. The number of halogens is 4. The third-order valence-electron chi connectivity index (χ3n) is 2.56. The molecule has 0 amide bonds. The van der Waals surface area contributed by atoms with Crippen LogP contribution >= 0.6 is 11.6 Å². The van der Waals surface area contributed by atoms with Gasteiger partial charge in [-0.25, -0.2) is 9.48 Å². The second kappa shape index (κ2) is 5.61. The number of aromatic nitrogens is 2. The van der Waals surface area contributed by atoms with E-state index < -0.39 is 17.7 Å². The number of carboxylic acid groups (broad SMARTS) is 1. The summed E-state index contributed by atoms with van der Waals surface area (Å²) in [5, 5.41) is 12.4. The molecule has 0 unspecified atom stereocenters. The minimum absolute atomic E-state index is 0.203. The minimum Gasteiger partial charge on any atom is -0.478 e. The van der Waals surface area contributed by atoms with Crippen molar-refractivity contribution in [1.29, 1.82) is 0 Å². The van der Waals surface area contributed by atoms with Crippen LogP contribution in [-0.4, -0.2) is 20.9 Å². The van der Waals surface area contributed by atoms with E-state index in [1.165, 1.54) is 24.3 Å². The van der Waals surface area contributed by atoms with E-state index in [-0.39, 0.29) is 5.02 Å². The van der Waals surface area contributed by atoms with Crippen LogP contribution in [0.1, 0.15) is 11.1 Å². The molecule has 2 rings (SSSR count). The molecule has 0 aliphatic rings. The smallest absolute Gasteiger partial charge is 0.419 e. The molecule has 1 N–H and O–H groups in total. The molecule has 0 bridgehead atoms. The molecule has 2 aromatic rings. The van der Waals surface area contributed by atoms with Crippen LogP contribution in [0.2, 0.25) is 5.02 Å². The van der Waals surface area contributed by atoms with Gasteiger partial charge in [0.2, 0.25) is 0 Å². The molecule has 0 saturated carbocycles. The van der Waals surface area contributed by atoms with Gasteiger partial charge in [-0.2, -0.15) is 18.3 Å².